The van der Waals surface area contributed by atoms with Crippen LogP contribution in [0.5, 0.6) is 0 Å². The summed E-state index contributed by atoms with van der Waals surface area (Å²) >= 11 is 0. The van der Waals surface area contributed by atoms with Crippen molar-refractivity contribution < 1.29 is 14.3 Å². The summed E-state index contributed by atoms with van der Waals surface area (Å²) in [6, 6.07) is 10.3. The number of nitrogens with one attached hydrogen (secondary N) is 1. The lowest BCUT2D eigenvalue weighted by Gasteiger charge is -2.34. The van der Waals surface area contributed by atoms with Crippen molar-refractivity contribution in [1.29, 1.82) is 0 Å². The van der Waals surface area contributed by atoms with Gasteiger partial charge in [0.2, 0.25) is 0 Å². The van der Waals surface area contributed by atoms with Crippen LogP contribution >= 0.6 is 0 Å². The lowest BCUT2D eigenvalue weighted by molar-refractivity contribution is 0.0355. The van der Waals surface area contributed by atoms with Crippen molar-refractivity contribution in [2.75, 3.05) is 38.3 Å². The minimum atomic E-state index is -0.393. The molecule has 0 aliphatic carbocycles. The summed E-state index contributed by atoms with van der Waals surface area (Å²) in [5, 5.41) is 2.67. The Kier molecular flexibility index (Phi) is 5.03. The van der Waals surface area contributed by atoms with Crippen molar-refractivity contribution in [3.05, 3.63) is 30.3 Å². The molecule has 1 saturated heterocycles. The summed E-state index contributed by atoms with van der Waals surface area (Å²) in [7, 11) is 1.36. The van der Waals surface area contributed by atoms with Crippen molar-refractivity contribution in [2.24, 2.45) is 0 Å². The largest absolute Gasteiger partial charge is 0.453 e. The molecule has 0 aromatic heterocycles. The van der Waals surface area contributed by atoms with Crippen molar-refractivity contribution in [2.45, 2.75) is 12.5 Å². The lowest BCUT2D eigenvalue weighted by Crippen LogP contribution is -2.43. The summed E-state index contributed by atoms with van der Waals surface area (Å²) in [5.41, 5.74) is 1.22. The Bertz CT molecular complexity index is 397. The number of carbonyl (C=O) groups excluding carboxylic acids is 1. The molecule has 0 spiro atoms. The van der Waals surface area contributed by atoms with E-state index in [4.69, 9.17) is 4.74 Å². The fraction of sp³-hybridized carbons (Fsp3) is 0.500. The first kappa shape index (κ1) is 13.7. The molecular formula is C14H20N2O3. The number of ether oxygens (including phenoxy) is 2. The van der Waals surface area contributed by atoms with Gasteiger partial charge in [-0.2, -0.15) is 0 Å². The number of hydrogen-bond donors (Lipinski definition) is 1. The van der Waals surface area contributed by atoms with Crippen LogP contribution in [0, 0.1) is 0 Å². The van der Waals surface area contributed by atoms with Crippen LogP contribution in [-0.4, -0.2) is 45.5 Å². The summed E-state index contributed by atoms with van der Waals surface area (Å²) in [4.78, 5) is 13.3. The molecule has 5 nitrogen and oxygen atoms in total. The maximum absolute atomic E-state index is 11.0. The minimum Gasteiger partial charge on any atom is -0.453 e. The summed E-state index contributed by atoms with van der Waals surface area (Å²) in [6.07, 6.45) is 0.542. The zero-order chi connectivity index (χ0) is 13.5. The Labute approximate surface area is 113 Å². The van der Waals surface area contributed by atoms with Gasteiger partial charge < -0.3 is 19.7 Å². The maximum atomic E-state index is 11.0. The molecule has 1 aliphatic heterocycles. The molecule has 1 aromatic rings. The molecular weight excluding hydrogens is 244 g/mol. The number of anilines is 1. The Morgan fingerprint density at radius 3 is 3.00 bits per heavy atom. The van der Waals surface area contributed by atoms with E-state index >= 15 is 0 Å². The molecule has 5 heteroatoms. The molecule has 1 aromatic carbocycles. The van der Waals surface area contributed by atoms with E-state index in [9.17, 15) is 4.79 Å². The van der Waals surface area contributed by atoms with E-state index in [1.54, 1.807) is 0 Å². The molecule has 1 atom stereocenters. The number of carbonyl (C=O) groups is 1. The van der Waals surface area contributed by atoms with Crippen LogP contribution in [0.25, 0.3) is 0 Å². The standard InChI is InChI=1S/C14H20N2O3/c1-18-14(17)15-8-7-13-11-16(9-10-19-13)12-5-3-2-4-6-12/h2-6,13H,7-11H2,1H3,(H,15,17). The fourth-order valence-electron chi connectivity index (χ4n) is 2.17. The second kappa shape index (κ2) is 6.99. The number of amides is 1. The molecule has 1 fully saturated rings. The van der Waals surface area contributed by atoms with Gasteiger partial charge in [0.1, 0.15) is 0 Å². The predicted molar refractivity (Wildman–Crippen MR) is 73.4 cm³/mol. The zero-order valence-corrected chi connectivity index (χ0v) is 11.2. The normalized spacial score (nSPS) is 19.0. The van der Waals surface area contributed by atoms with Crippen molar-refractivity contribution in [3.8, 4) is 0 Å². The Balaban J connectivity index is 1.79. The number of benzene rings is 1. The summed E-state index contributed by atoms with van der Waals surface area (Å²) < 4.78 is 10.2. The van der Waals surface area contributed by atoms with Crippen LogP contribution in [0.4, 0.5) is 10.5 Å². The van der Waals surface area contributed by atoms with E-state index in [0.29, 0.717) is 6.54 Å². The first-order chi connectivity index (χ1) is 9.29. The van der Waals surface area contributed by atoms with Crippen LogP contribution in [0.3, 0.4) is 0 Å². The summed E-state index contributed by atoms with van der Waals surface area (Å²) in [6.45, 7) is 3.05. The zero-order valence-electron chi connectivity index (χ0n) is 11.2. The maximum Gasteiger partial charge on any atom is 0.406 e. The third-order valence-electron chi connectivity index (χ3n) is 3.18. The average molecular weight is 264 g/mol. The van der Waals surface area contributed by atoms with E-state index in [1.165, 1.54) is 12.8 Å². The molecule has 1 heterocycles. The highest BCUT2D eigenvalue weighted by molar-refractivity contribution is 5.66. The second-order valence-corrected chi connectivity index (χ2v) is 4.48. The van der Waals surface area contributed by atoms with Crippen LogP contribution in [0.2, 0.25) is 0 Å². The molecule has 104 valence electrons. The fourth-order valence-corrected chi connectivity index (χ4v) is 2.17. The van der Waals surface area contributed by atoms with Gasteiger partial charge >= 0.3 is 6.09 Å². The number of para-hydroxylation sites is 1. The van der Waals surface area contributed by atoms with Crippen molar-refractivity contribution in [1.82, 2.24) is 5.32 Å². The van der Waals surface area contributed by atoms with Gasteiger partial charge in [0.15, 0.2) is 0 Å². The quantitative estimate of drug-likeness (QED) is 0.898. The topological polar surface area (TPSA) is 50.8 Å². The van der Waals surface area contributed by atoms with E-state index in [0.717, 1.165) is 26.1 Å². The first-order valence-electron chi connectivity index (χ1n) is 6.53. The van der Waals surface area contributed by atoms with Gasteiger partial charge in [-0.15, -0.1) is 0 Å². The van der Waals surface area contributed by atoms with Crippen molar-refractivity contribution >= 4 is 11.8 Å². The Hall–Kier alpha value is -1.75. The minimum absolute atomic E-state index is 0.145. The van der Waals surface area contributed by atoms with Gasteiger partial charge in [-0.3, -0.25) is 0 Å². The Morgan fingerprint density at radius 2 is 2.26 bits per heavy atom. The highest BCUT2D eigenvalue weighted by atomic mass is 16.5. The number of methoxy groups -OCH3 is 1. The van der Waals surface area contributed by atoms with Gasteiger partial charge in [-0.1, -0.05) is 18.2 Å². The highest BCUT2D eigenvalue weighted by Gasteiger charge is 2.20. The molecule has 1 unspecified atom stereocenters. The van der Waals surface area contributed by atoms with Gasteiger partial charge in [-0.25, -0.2) is 4.79 Å². The molecule has 19 heavy (non-hydrogen) atoms. The molecule has 1 N–H and O–H groups in total. The third-order valence-corrected chi connectivity index (χ3v) is 3.18. The lowest BCUT2D eigenvalue weighted by atomic mass is 10.2. The number of rotatable bonds is 4. The van der Waals surface area contributed by atoms with Gasteiger partial charge in [0.05, 0.1) is 19.8 Å². The third kappa shape index (κ3) is 4.13. The average Bonchev–Trinajstić information content (AvgIpc) is 2.48. The monoisotopic (exact) mass is 264 g/mol. The second-order valence-electron chi connectivity index (χ2n) is 4.48. The number of hydrogen-bond acceptors (Lipinski definition) is 4. The van der Waals surface area contributed by atoms with Crippen molar-refractivity contribution in [3.63, 3.8) is 0 Å². The van der Waals surface area contributed by atoms with Crippen LogP contribution in [0.1, 0.15) is 6.42 Å². The van der Waals surface area contributed by atoms with Crippen LogP contribution < -0.4 is 10.2 Å². The summed E-state index contributed by atoms with van der Waals surface area (Å²) in [5.74, 6) is 0. The smallest absolute Gasteiger partial charge is 0.406 e. The molecule has 2 rings (SSSR count). The van der Waals surface area contributed by atoms with E-state index < -0.39 is 6.09 Å². The van der Waals surface area contributed by atoms with Gasteiger partial charge in [-0.05, 0) is 18.6 Å². The molecule has 0 bridgehead atoms. The SMILES string of the molecule is COC(=O)NCCC1CN(c2ccccc2)CCO1. The van der Waals surface area contributed by atoms with Gasteiger partial charge in [0, 0.05) is 25.3 Å². The van der Waals surface area contributed by atoms with Gasteiger partial charge in [0.25, 0.3) is 0 Å². The number of morpholine rings is 1. The molecule has 1 aliphatic rings. The molecule has 0 saturated carbocycles. The van der Waals surface area contributed by atoms with E-state index in [2.05, 4.69) is 27.1 Å². The van der Waals surface area contributed by atoms with E-state index in [1.807, 2.05) is 18.2 Å². The molecule has 0 radical (unpaired) electrons. The predicted octanol–water partition coefficient (Wildman–Crippen LogP) is 1.64. The van der Waals surface area contributed by atoms with E-state index in [-0.39, 0.29) is 6.10 Å². The number of alkyl carbamates (subject to hydrolysis) is 1. The van der Waals surface area contributed by atoms with Crippen LogP contribution in [-0.2, 0) is 9.47 Å². The highest BCUT2D eigenvalue weighted by Crippen LogP contribution is 2.17. The number of nitrogens with zero attached hydrogens (tertiary/aromatic N) is 1. The Morgan fingerprint density at radius 1 is 1.47 bits per heavy atom. The molecule has 1 amide bonds. The first-order valence-corrected chi connectivity index (χ1v) is 6.53. The van der Waals surface area contributed by atoms with Crippen LogP contribution in [0.15, 0.2) is 30.3 Å².